The molecule has 2 N–H and O–H groups in total. The van der Waals surface area contributed by atoms with Crippen molar-refractivity contribution in [2.75, 3.05) is 52.9 Å². The summed E-state index contributed by atoms with van der Waals surface area (Å²) in [5.74, 6) is 5.88. The Balaban J connectivity index is 1.01. The second-order valence-corrected chi connectivity index (χ2v) is 10.9. The van der Waals surface area contributed by atoms with E-state index < -0.39 is 6.10 Å². The molecule has 0 amide bonds. The summed E-state index contributed by atoms with van der Waals surface area (Å²) in [7, 11) is 2.15. The molecule has 4 saturated carbocycles. The maximum absolute atomic E-state index is 10.3. The van der Waals surface area contributed by atoms with Crippen LogP contribution in [0.1, 0.15) is 37.7 Å². The van der Waals surface area contributed by atoms with Crippen LogP contribution in [0.15, 0.2) is 24.3 Å². The summed E-state index contributed by atoms with van der Waals surface area (Å²) in [5, 5.41) is 14.1. The van der Waals surface area contributed by atoms with Gasteiger partial charge in [0.05, 0.1) is 0 Å². The van der Waals surface area contributed by atoms with Gasteiger partial charge >= 0.3 is 0 Å². The van der Waals surface area contributed by atoms with Crippen molar-refractivity contribution in [3.8, 4) is 5.75 Å². The lowest BCUT2D eigenvalue weighted by molar-refractivity contribution is -0.0355. The molecule has 0 aromatic heterocycles. The highest BCUT2D eigenvalue weighted by molar-refractivity contribution is 5.27. The first-order valence-electron chi connectivity index (χ1n) is 12.6. The number of benzene rings is 1. The number of likely N-dealkylation sites (N-methyl/N-ethyl adjacent to an activating group) is 1. The number of ether oxygens (including phenoxy) is 1. The maximum Gasteiger partial charge on any atom is 0.119 e. The first-order valence-corrected chi connectivity index (χ1v) is 12.6. The lowest BCUT2D eigenvalue weighted by Gasteiger charge is -2.54. The van der Waals surface area contributed by atoms with Crippen molar-refractivity contribution >= 4 is 0 Å². The molecule has 1 aromatic rings. The van der Waals surface area contributed by atoms with Crippen LogP contribution >= 0.6 is 0 Å². The van der Waals surface area contributed by atoms with E-state index in [1.54, 1.807) is 0 Å². The lowest BCUT2D eigenvalue weighted by Crippen LogP contribution is -2.48. The topological polar surface area (TPSA) is 48.0 Å². The van der Waals surface area contributed by atoms with Gasteiger partial charge in [0.15, 0.2) is 0 Å². The van der Waals surface area contributed by atoms with E-state index in [2.05, 4.69) is 34.3 Å². The third kappa shape index (κ3) is 5.44. The zero-order valence-corrected chi connectivity index (χ0v) is 19.2. The van der Waals surface area contributed by atoms with Gasteiger partial charge in [-0.2, -0.15) is 0 Å². The van der Waals surface area contributed by atoms with E-state index in [1.165, 1.54) is 44.2 Å². The van der Waals surface area contributed by atoms with Crippen LogP contribution in [0.4, 0.5) is 0 Å². The number of hydrogen-bond donors (Lipinski definition) is 2. The fourth-order valence-corrected chi connectivity index (χ4v) is 7.03. The highest BCUT2D eigenvalue weighted by atomic mass is 16.5. The maximum atomic E-state index is 10.3. The molecule has 31 heavy (non-hydrogen) atoms. The molecule has 6 rings (SSSR count). The van der Waals surface area contributed by atoms with Crippen molar-refractivity contribution in [1.29, 1.82) is 0 Å². The number of aliphatic hydroxyl groups excluding tert-OH is 1. The minimum atomic E-state index is -0.439. The Morgan fingerprint density at radius 2 is 1.61 bits per heavy atom. The largest absolute Gasteiger partial charge is 0.491 e. The Kier molecular flexibility index (Phi) is 6.84. The van der Waals surface area contributed by atoms with Crippen LogP contribution in [0.25, 0.3) is 0 Å². The zero-order chi connectivity index (χ0) is 21.2. The van der Waals surface area contributed by atoms with Crippen LogP contribution in [-0.4, -0.2) is 73.9 Å². The van der Waals surface area contributed by atoms with Gasteiger partial charge in [0, 0.05) is 39.3 Å². The zero-order valence-electron chi connectivity index (χ0n) is 19.2. The summed E-state index contributed by atoms with van der Waals surface area (Å²) < 4.78 is 5.84. The minimum Gasteiger partial charge on any atom is -0.491 e. The molecule has 5 nitrogen and oxygen atoms in total. The minimum absolute atomic E-state index is 0.358. The van der Waals surface area contributed by atoms with Gasteiger partial charge in [-0.05, 0) is 93.0 Å². The summed E-state index contributed by atoms with van der Waals surface area (Å²) in [6.07, 6.45) is 7.12. The summed E-state index contributed by atoms with van der Waals surface area (Å²) in [6, 6.07) is 8.41. The molecule has 172 valence electrons. The molecule has 1 aliphatic heterocycles. The predicted octanol–water partition coefficient (Wildman–Crippen LogP) is 2.84. The number of nitrogens with zero attached hydrogens (tertiary/aromatic N) is 2. The van der Waals surface area contributed by atoms with Crippen LogP contribution in [0, 0.1) is 29.6 Å². The number of aliphatic hydroxyl groups is 1. The number of rotatable bonds is 9. The number of β-amino-alcohol motifs (C(OH)–C–C–N with tert-alkyl or cyclic N) is 1. The van der Waals surface area contributed by atoms with Crippen LogP contribution < -0.4 is 10.1 Å². The van der Waals surface area contributed by atoms with Crippen LogP contribution in [0.3, 0.4) is 0 Å². The summed E-state index contributed by atoms with van der Waals surface area (Å²) in [6.45, 7) is 7.38. The third-order valence-electron chi connectivity index (χ3n) is 8.56. The van der Waals surface area contributed by atoms with Crippen molar-refractivity contribution in [2.45, 2.75) is 44.8 Å². The fourth-order valence-electron chi connectivity index (χ4n) is 7.03. The first kappa shape index (κ1) is 21.7. The molecule has 4 aliphatic carbocycles. The normalized spacial score (nSPS) is 34.2. The molecule has 4 bridgehead atoms. The van der Waals surface area contributed by atoms with E-state index in [4.69, 9.17) is 4.74 Å². The fraction of sp³-hybridized carbons (Fsp3) is 0.769. The monoisotopic (exact) mass is 427 g/mol. The van der Waals surface area contributed by atoms with Gasteiger partial charge in [-0.15, -0.1) is 0 Å². The van der Waals surface area contributed by atoms with Gasteiger partial charge < -0.3 is 20.1 Å². The quantitative estimate of drug-likeness (QED) is 0.635. The standard InChI is InChI=1S/C26H41N3O2/c1-28-6-8-29(9-7-28)17-24(30)18-31-25-4-2-19(3-5-25)15-27-16-26-22-11-20-10-21(13-22)14-23(26)12-20/h2-5,20-24,26-27,30H,6-18H2,1H3/t20?,21?,22?,23?,24-,26?/m0/s1. The van der Waals surface area contributed by atoms with Gasteiger partial charge in [-0.1, -0.05) is 12.1 Å². The van der Waals surface area contributed by atoms with E-state index in [9.17, 15) is 5.11 Å². The van der Waals surface area contributed by atoms with Crippen LogP contribution in [0.5, 0.6) is 5.75 Å². The van der Waals surface area contributed by atoms with Crippen molar-refractivity contribution in [1.82, 2.24) is 15.1 Å². The lowest BCUT2D eigenvalue weighted by atomic mass is 9.52. The molecule has 0 unspecified atom stereocenters. The Labute approximate surface area is 188 Å². The molecule has 0 spiro atoms. The second kappa shape index (κ2) is 9.78. The van der Waals surface area contributed by atoms with Gasteiger partial charge in [0.1, 0.15) is 18.5 Å². The number of nitrogens with one attached hydrogen (secondary N) is 1. The molecule has 5 aliphatic rings. The third-order valence-corrected chi connectivity index (χ3v) is 8.56. The number of hydrogen-bond acceptors (Lipinski definition) is 5. The van der Waals surface area contributed by atoms with Crippen molar-refractivity contribution in [3.05, 3.63) is 29.8 Å². The molecular formula is C26H41N3O2. The first-order chi connectivity index (χ1) is 15.1. The highest BCUT2D eigenvalue weighted by Gasteiger charge is 2.47. The Morgan fingerprint density at radius 1 is 0.968 bits per heavy atom. The van der Waals surface area contributed by atoms with Crippen molar-refractivity contribution < 1.29 is 9.84 Å². The molecule has 1 heterocycles. The summed E-state index contributed by atoms with van der Waals surface area (Å²) in [5.41, 5.74) is 1.31. The van der Waals surface area contributed by atoms with Gasteiger partial charge in [0.2, 0.25) is 0 Å². The van der Waals surface area contributed by atoms with Gasteiger partial charge in [-0.3, -0.25) is 4.90 Å². The smallest absolute Gasteiger partial charge is 0.119 e. The van der Waals surface area contributed by atoms with Crippen molar-refractivity contribution in [2.24, 2.45) is 29.6 Å². The molecular weight excluding hydrogens is 386 g/mol. The van der Waals surface area contributed by atoms with Crippen LogP contribution in [-0.2, 0) is 6.54 Å². The Morgan fingerprint density at radius 3 is 2.26 bits per heavy atom. The average molecular weight is 428 g/mol. The average Bonchev–Trinajstić information content (AvgIpc) is 2.76. The molecule has 1 aromatic carbocycles. The Hall–Kier alpha value is -1.14. The molecule has 5 fully saturated rings. The van der Waals surface area contributed by atoms with Crippen LogP contribution in [0.2, 0.25) is 0 Å². The molecule has 1 saturated heterocycles. The Bertz CT molecular complexity index is 673. The van der Waals surface area contributed by atoms with E-state index >= 15 is 0 Å². The van der Waals surface area contributed by atoms with E-state index in [0.717, 1.165) is 68.1 Å². The van der Waals surface area contributed by atoms with E-state index in [-0.39, 0.29) is 0 Å². The van der Waals surface area contributed by atoms with Gasteiger partial charge in [0.25, 0.3) is 0 Å². The molecule has 0 radical (unpaired) electrons. The highest BCUT2D eigenvalue weighted by Crippen LogP contribution is 2.56. The summed E-state index contributed by atoms with van der Waals surface area (Å²) in [4.78, 5) is 4.66. The number of piperazine rings is 1. The summed E-state index contributed by atoms with van der Waals surface area (Å²) >= 11 is 0. The predicted molar refractivity (Wildman–Crippen MR) is 124 cm³/mol. The molecule has 5 heteroatoms. The second-order valence-electron chi connectivity index (χ2n) is 10.9. The SMILES string of the molecule is CN1CCN(C[C@H](O)COc2ccc(CNCC3C4CC5CC(C4)CC3C5)cc2)CC1. The molecule has 1 atom stereocenters. The van der Waals surface area contributed by atoms with E-state index in [1.807, 2.05) is 12.1 Å². The van der Waals surface area contributed by atoms with Gasteiger partial charge in [-0.25, -0.2) is 0 Å². The van der Waals surface area contributed by atoms with Crippen molar-refractivity contribution in [3.63, 3.8) is 0 Å². The van der Waals surface area contributed by atoms with E-state index in [0.29, 0.717) is 13.2 Å².